The third-order valence-corrected chi connectivity index (χ3v) is 12.4. The van der Waals surface area contributed by atoms with Crippen molar-refractivity contribution < 1.29 is 24.5 Å². The van der Waals surface area contributed by atoms with Crippen molar-refractivity contribution in [3.05, 3.63) is 163 Å². The van der Waals surface area contributed by atoms with Crippen LogP contribution in [0.15, 0.2) is 144 Å². The first-order chi connectivity index (χ1) is 27.5. The minimum Gasteiger partial charge on any atom is -0.486 e. The molecule has 0 N–H and O–H groups in total. The molecule has 0 fully saturated rings. The van der Waals surface area contributed by atoms with Crippen LogP contribution >= 0.6 is 0 Å². The van der Waals surface area contributed by atoms with Gasteiger partial charge < -0.3 is 14.0 Å². The predicted molar refractivity (Wildman–Crippen MR) is 240 cm³/mol. The molecule has 4 heterocycles. The van der Waals surface area contributed by atoms with Crippen molar-refractivity contribution in [1.82, 2.24) is 19.5 Å². The molecule has 9 aromatic rings. The summed E-state index contributed by atoms with van der Waals surface area (Å²) in [6, 6.07) is 52.5. The van der Waals surface area contributed by atoms with Gasteiger partial charge in [0, 0.05) is 43.1 Å². The second-order valence-corrected chi connectivity index (χ2v) is 21.5. The number of para-hydroxylation sites is 2. The molecule has 0 unspecified atom stereocenters. The van der Waals surface area contributed by atoms with Crippen LogP contribution in [0.1, 0.15) is 44.9 Å². The number of pyridine rings is 2. The van der Waals surface area contributed by atoms with Gasteiger partial charge in [0.05, 0.1) is 30.5 Å². The number of rotatable bonds is 8. The molecule has 0 atom stereocenters. The predicted octanol–water partition coefficient (Wildman–Crippen LogP) is 12.9. The Balaban J connectivity index is 0.000000208. The van der Waals surface area contributed by atoms with Crippen LogP contribution in [0.3, 0.4) is 0 Å². The van der Waals surface area contributed by atoms with Crippen LogP contribution in [0.5, 0.6) is 0 Å². The fraction of sp³-hybridized carbons (Fsp3) is 0.196. The molecule has 0 aliphatic carbocycles. The molecule has 0 bridgehead atoms. The monoisotopic (exact) mass is 953 g/mol. The molecule has 0 aliphatic heterocycles. The van der Waals surface area contributed by atoms with Gasteiger partial charge in [0.1, 0.15) is 0 Å². The van der Waals surface area contributed by atoms with E-state index in [1.54, 1.807) is 0 Å². The van der Waals surface area contributed by atoms with E-state index in [4.69, 9.17) is 14.4 Å². The zero-order valence-electron chi connectivity index (χ0n) is 34.2. The van der Waals surface area contributed by atoms with Gasteiger partial charge in [0.15, 0.2) is 0 Å². The van der Waals surface area contributed by atoms with Crippen molar-refractivity contribution in [2.24, 2.45) is 5.92 Å². The Bertz CT molecular complexity index is 2800. The van der Waals surface area contributed by atoms with Crippen molar-refractivity contribution in [2.75, 3.05) is 0 Å². The quantitative estimate of drug-likeness (QED) is 0.112. The summed E-state index contributed by atoms with van der Waals surface area (Å²) in [5.74, 6) is 1.79. The third-order valence-electron chi connectivity index (χ3n) is 10.3. The SMILES string of the molecule is CC(C)Cc1cc(-c2[c-]cccc2)ncc1[Si](C)(C)C.CC(C)c1ccc2c(n1)oc1c(-c3nc4ccccc4n3-c3ccc(-c4ccccc4)cc3)[c-]ccc12.[Ir]. The Morgan fingerprint density at radius 2 is 1.43 bits per heavy atom. The van der Waals surface area contributed by atoms with E-state index in [1.165, 1.54) is 21.9 Å². The summed E-state index contributed by atoms with van der Waals surface area (Å²) < 4.78 is 8.59. The molecule has 5 nitrogen and oxygen atoms in total. The Morgan fingerprint density at radius 1 is 0.707 bits per heavy atom. The van der Waals surface area contributed by atoms with E-state index in [9.17, 15) is 0 Å². The second-order valence-electron chi connectivity index (χ2n) is 16.5. The van der Waals surface area contributed by atoms with Crippen LogP contribution in [0, 0.1) is 18.1 Å². The van der Waals surface area contributed by atoms with E-state index in [-0.39, 0.29) is 20.1 Å². The number of benzene rings is 5. The van der Waals surface area contributed by atoms with Gasteiger partial charge in [-0.2, -0.15) is 0 Å². The van der Waals surface area contributed by atoms with E-state index in [2.05, 4.69) is 154 Å². The van der Waals surface area contributed by atoms with E-state index in [1.807, 2.05) is 54.6 Å². The number of nitrogens with zero attached hydrogens (tertiary/aromatic N) is 4. The number of fused-ring (bicyclic) bond motifs is 4. The molecule has 293 valence electrons. The summed E-state index contributed by atoms with van der Waals surface area (Å²) in [4.78, 5) is 14.5. The maximum absolute atomic E-state index is 6.40. The average molecular weight is 953 g/mol. The Labute approximate surface area is 356 Å². The number of imidazole rings is 1. The molecule has 58 heavy (non-hydrogen) atoms. The topological polar surface area (TPSA) is 56.7 Å². The largest absolute Gasteiger partial charge is 0.486 e. The summed E-state index contributed by atoms with van der Waals surface area (Å²) >= 11 is 0. The van der Waals surface area contributed by atoms with Gasteiger partial charge in [-0.1, -0.05) is 125 Å². The minimum absolute atomic E-state index is 0. The van der Waals surface area contributed by atoms with Crippen LogP contribution < -0.4 is 5.19 Å². The van der Waals surface area contributed by atoms with Crippen LogP contribution in [0.2, 0.25) is 19.6 Å². The summed E-state index contributed by atoms with van der Waals surface area (Å²) in [5.41, 5.74) is 12.2. The van der Waals surface area contributed by atoms with Crippen LogP contribution in [0.4, 0.5) is 0 Å². The molecule has 7 heteroatoms. The fourth-order valence-corrected chi connectivity index (χ4v) is 9.08. The normalized spacial score (nSPS) is 11.6. The van der Waals surface area contributed by atoms with Gasteiger partial charge in [-0.25, -0.2) is 4.98 Å². The number of furan rings is 1. The third kappa shape index (κ3) is 8.40. The second kappa shape index (κ2) is 17.2. The molecule has 9 rings (SSSR count). The first-order valence-corrected chi connectivity index (χ1v) is 23.4. The minimum atomic E-state index is -1.34. The van der Waals surface area contributed by atoms with Crippen LogP contribution in [-0.2, 0) is 26.5 Å². The molecule has 0 aliphatic rings. The summed E-state index contributed by atoms with van der Waals surface area (Å²) in [5, 5.41) is 3.51. The Hall–Kier alpha value is -5.46. The molecule has 0 saturated heterocycles. The standard InChI is InChI=1S/C33H24N3O.C18H24NSi.Ir/c1-21(2)28-20-19-26-25-11-8-12-27(31(25)37-33(26)35-28)32-34-29-13-6-7-14-30(29)36(32)24-17-15-23(16-18-24)22-9-4-3-5-10-22;1-14(2)11-16-12-17(15-9-7-6-8-10-15)19-13-18(16)20(3,4)5;/h3-11,13-21H,1-2H3;6-9,12-14H,11H2,1-5H3;/q2*-1;. The van der Waals surface area contributed by atoms with Gasteiger partial charge in [-0.05, 0) is 76.7 Å². The van der Waals surface area contributed by atoms with Crippen LogP contribution in [-0.4, -0.2) is 27.6 Å². The molecule has 4 aromatic heterocycles. The number of aromatic nitrogens is 4. The zero-order valence-corrected chi connectivity index (χ0v) is 37.6. The number of hydrogen-bond donors (Lipinski definition) is 0. The summed E-state index contributed by atoms with van der Waals surface area (Å²) in [6.45, 7) is 16.0. The van der Waals surface area contributed by atoms with E-state index < -0.39 is 8.07 Å². The van der Waals surface area contributed by atoms with Crippen molar-refractivity contribution in [1.29, 1.82) is 0 Å². The van der Waals surface area contributed by atoms with Crippen molar-refractivity contribution in [3.63, 3.8) is 0 Å². The van der Waals surface area contributed by atoms with Gasteiger partial charge in [0.25, 0.3) is 0 Å². The van der Waals surface area contributed by atoms with Crippen molar-refractivity contribution in [2.45, 2.75) is 59.7 Å². The van der Waals surface area contributed by atoms with Gasteiger partial charge >= 0.3 is 0 Å². The average Bonchev–Trinajstić information content (AvgIpc) is 3.80. The molecule has 1 radical (unpaired) electrons. The zero-order chi connectivity index (χ0) is 39.7. The maximum Gasteiger partial charge on any atom is 0.216 e. The smallest absolute Gasteiger partial charge is 0.216 e. The van der Waals surface area contributed by atoms with E-state index >= 15 is 0 Å². The van der Waals surface area contributed by atoms with Gasteiger partial charge in [0.2, 0.25) is 5.71 Å². The fourth-order valence-electron chi connectivity index (χ4n) is 7.49. The van der Waals surface area contributed by atoms with Crippen LogP contribution in [0.25, 0.3) is 72.6 Å². The molecule has 0 spiro atoms. The molecule has 0 saturated carbocycles. The van der Waals surface area contributed by atoms with Crippen molar-refractivity contribution >= 4 is 46.4 Å². The summed E-state index contributed by atoms with van der Waals surface area (Å²) in [6.07, 6.45) is 3.24. The van der Waals surface area contributed by atoms with Gasteiger partial charge in [-0.15, -0.1) is 54.1 Å². The summed E-state index contributed by atoms with van der Waals surface area (Å²) in [7, 11) is -1.34. The Morgan fingerprint density at radius 3 is 2.14 bits per heavy atom. The van der Waals surface area contributed by atoms with Gasteiger partial charge in [-0.3, -0.25) is 4.98 Å². The maximum atomic E-state index is 6.40. The molecule has 0 amide bonds. The first kappa shape index (κ1) is 40.7. The number of hydrogen-bond acceptors (Lipinski definition) is 4. The van der Waals surface area contributed by atoms with Crippen molar-refractivity contribution in [3.8, 4) is 39.5 Å². The first-order valence-electron chi connectivity index (χ1n) is 19.9. The van der Waals surface area contributed by atoms with E-state index in [0.29, 0.717) is 17.5 Å². The Kier molecular flexibility index (Phi) is 12.1. The molecular formula is C51H48IrN4OSi-2. The molecule has 5 aromatic carbocycles. The van der Waals surface area contributed by atoms with E-state index in [0.717, 1.165) is 67.8 Å². The molecular weight excluding hydrogens is 905 g/mol.